The minimum Gasteiger partial charge on any atom is -0.455 e. The fourth-order valence-corrected chi connectivity index (χ4v) is 10.7. The van der Waals surface area contributed by atoms with E-state index in [9.17, 15) is 45.6 Å². The van der Waals surface area contributed by atoms with Crippen LogP contribution in [0.25, 0.3) is 0 Å². The molecule has 0 aromatic rings. The molecule has 0 amide bonds. The van der Waals surface area contributed by atoms with Gasteiger partial charge >= 0.3 is 5.97 Å². The molecule has 0 aromatic heterocycles. The van der Waals surface area contributed by atoms with Gasteiger partial charge in [-0.1, -0.05) is 6.92 Å². The van der Waals surface area contributed by atoms with Gasteiger partial charge in [0.25, 0.3) is 0 Å². The first-order chi connectivity index (χ1) is 21.9. The van der Waals surface area contributed by atoms with Gasteiger partial charge in [-0.2, -0.15) is 0 Å². The second-order valence-corrected chi connectivity index (χ2v) is 15.2. The molecule has 7 rings (SSSR count). The zero-order valence-corrected chi connectivity index (χ0v) is 26.0. The van der Waals surface area contributed by atoms with Gasteiger partial charge in [0.15, 0.2) is 12.6 Å². The van der Waals surface area contributed by atoms with Crippen molar-refractivity contribution in [2.24, 2.45) is 28.6 Å². The van der Waals surface area contributed by atoms with Crippen LogP contribution in [0.1, 0.15) is 58.3 Å². The van der Waals surface area contributed by atoms with Gasteiger partial charge in [-0.15, -0.1) is 0 Å². The van der Waals surface area contributed by atoms with Gasteiger partial charge in [-0.05, 0) is 85.5 Å². The monoisotopic (exact) mass is 656 g/mol. The molecule has 7 aliphatic rings. The van der Waals surface area contributed by atoms with Crippen LogP contribution in [-0.2, 0) is 28.5 Å². The van der Waals surface area contributed by atoms with Crippen molar-refractivity contribution < 1.29 is 69.3 Å². The van der Waals surface area contributed by atoms with Crippen LogP contribution in [0.15, 0.2) is 11.6 Å². The molecular formula is C32H48O14. The lowest BCUT2D eigenvalue weighted by Crippen LogP contribution is -2.63. The number of fused-ring (bicyclic) bond motifs is 5. The van der Waals surface area contributed by atoms with E-state index in [-0.39, 0.29) is 41.3 Å². The first-order valence-corrected chi connectivity index (χ1v) is 16.7. The quantitative estimate of drug-likeness (QED) is 0.142. The van der Waals surface area contributed by atoms with Crippen molar-refractivity contribution in [3.63, 3.8) is 0 Å². The molecule has 17 atom stereocenters. The maximum atomic E-state index is 12.1. The largest absolute Gasteiger partial charge is 0.455 e. The molecular weight excluding hydrogens is 608 g/mol. The number of ether oxygens (including phenoxy) is 5. The number of esters is 1. The fraction of sp³-hybridized carbons (Fsp3) is 0.906. The van der Waals surface area contributed by atoms with Crippen molar-refractivity contribution >= 4 is 5.97 Å². The molecule has 0 radical (unpaired) electrons. The Kier molecular flexibility index (Phi) is 8.64. The van der Waals surface area contributed by atoms with Gasteiger partial charge in [0.2, 0.25) is 0 Å². The fourth-order valence-electron chi connectivity index (χ4n) is 10.7. The smallest absolute Gasteiger partial charge is 0.331 e. The number of hydrogen-bond acceptors (Lipinski definition) is 14. The summed E-state index contributed by atoms with van der Waals surface area (Å²) in [6.45, 7) is 0.916. The third-order valence-corrected chi connectivity index (χ3v) is 12.9. The maximum Gasteiger partial charge on any atom is 0.331 e. The molecule has 4 saturated carbocycles. The average molecular weight is 657 g/mol. The molecule has 3 heterocycles. The van der Waals surface area contributed by atoms with Crippen molar-refractivity contribution in [3.05, 3.63) is 11.6 Å². The highest BCUT2D eigenvalue weighted by molar-refractivity contribution is 5.86. The van der Waals surface area contributed by atoms with Gasteiger partial charge in [0, 0.05) is 6.08 Å². The zero-order chi connectivity index (χ0) is 32.8. The van der Waals surface area contributed by atoms with E-state index in [4.69, 9.17) is 23.7 Å². The Hall–Kier alpha value is -1.27. The summed E-state index contributed by atoms with van der Waals surface area (Å²) in [5.41, 5.74) is -0.0745. The Bertz CT molecular complexity index is 1200. The molecule has 6 fully saturated rings. The van der Waals surface area contributed by atoms with E-state index in [0.717, 1.165) is 50.5 Å². The Labute approximate surface area is 266 Å². The second kappa shape index (κ2) is 12.0. The summed E-state index contributed by atoms with van der Waals surface area (Å²) in [5.74, 6) is 0.329. The van der Waals surface area contributed by atoms with E-state index < -0.39 is 80.2 Å². The highest BCUT2D eigenvalue weighted by Crippen LogP contribution is 2.72. The molecule has 4 aliphatic carbocycles. The summed E-state index contributed by atoms with van der Waals surface area (Å²) in [6.07, 6.45) is -6.92. The lowest BCUT2D eigenvalue weighted by molar-refractivity contribution is -0.349. The zero-order valence-electron chi connectivity index (χ0n) is 26.0. The second-order valence-electron chi connectivity index (χ2n) is 15.2. The van der Waals surface area contributed by atoms with Gasteiger partial charge in [0.05, 0.1) is 25.4 Å². The van der Waals surface area contributed by atoms with Gasteiger partial charge in [-0.3, -0.25) is 0 Å². The SMILES string of the molecule is C[C@@]12CC[C@H]3OC(=O)C=C3[C@H]1CC[C@@]13C[C@@H](CC[C@H]12)[C@](CO)(O[C@@H]1O[C@H](CO[C@@H]2O[C@H](CO)[C@@H](O)[C@H](O)[C@H]2O)[C@@H](O)[C@H](O)[C@H]1O)C3. The standard InChI is InChI=1S/C32H48O14/c1-30-6-5-17-15(8-21(35)43-17)16(30)4-7-31-9-14(2-3-20(30)31)32(12-31,13-34)46-29-27(41)25(39)23(37)19(45-29)11-42-28-26(40)24(38)22(36)18(10-33)44-28/h8,14,16-20,22-29,33-34,36-41H,2-7,9-13H2,1H3/t14-,16-,17-,18-,19-,20+,22-,23-,24+,25+,26-,27-,28-,29+,30-,31+,32+/m1/s1. The van der Waals surface area contributed by atoms with Crippen LogP contribution in [0.3, 0.4) is 0 Å². The predicted molar refractivity (Wildman–Crippen MR) is 153 cm³/mol. The summed E-state index contributed by atoms with van der Waals surface area (Å²) < 4.78 is 29.0. The number of aliphatic hydroxyl groups excluding tert-OH is 8. The summed E-state index contributed by atoms with van der Waals surface area (Å²) in [6, 6.07) is 0. The van der Waals surface area contributed by atoms with Crippen molar-refractivity contribution in [2.75, 3.05) is 19.8 Å². The first-order valence-electron chi connectivity index (χ1n) is 16.7. The van der Waals surface area contributed by atoms with E-state index >= 15 is 0 Å². The van der Waals surface area contributed by atoms with E-state index in [0.29, 0.717) is 12.3 Å². The van der Waals surface area contributed by atoms with Crippen LogP contribution < -0.4 is 0 Å². The lowest BCUT2D eigenvalue weighted by atomic mass is 9.44. The molecule has 8 N–H and O–H groups in total. The van der Waals surface area contributed by atoms with Crippen LogP contribution in [0.2, 0.25) is 0 Å². The van der Waals surface area contributed by atoms with Crippen LogP contribution in [0.5, 0.6) is 0 Å². The summed E-state index contributed by atoms with van der Waals surface area (Å²) >= 11 is 0. The van der Waals surface area contributed by atoms with Crippen molar-refractivity contribution in [3.8, 4) is 0 Å². The maximum absolute atomic E-state index is 12.1. The van der Waals surface area contributed by atoms with Crippen molar-refractivity contribution in [1.29, 1.82) is 0 Å². The van der Waals surface area contributed by atoms with Crippen molar-refractivity contribution in [2.45, 2.75) is 131 Å². The number of carbonyl (C=O) groups is 1. The predicted octanol–water partition coefficient (Wildman–Crippen LogP) is -1.77. The number of rotatable bonds is 7. The molecule has 0 aromatic carbocycles. The number of carbonyl (C=O) groups excluding carboxylic acids is 1. The summed E-state index contributed by atoms with van der Waals surface area (Å²) in [7, 11) is 0. The Morgan fingerprint density at radius 2 is 1.54 bits per heavy atom. The highest BCUT2D eigenvalue weighted by Gasteiger charge is 2.68. The third-order valence-electron chi connectivity index (χ3n) is 12.9. The molecule has 260 valence electrons. The van der Waals surface area contributed by atoms with Crippen LogP contribution in [0.4, 0.5) is 0 Å². The van der Waals surface area contributed by atoms with Crippen molar-refractivity contribution in [1.82, 2.24) is 0 Å². The molecule has 46 heavy (non-hydrogen) atoms. The summed E-state index contributed by atoms with van der Waals surface area (Å²) in [5, 5.41) is 83.3. The topological polar surface area (TPSA) is 225 Å². The average Bonchev–Trinajstić information content (AvgIpc) is 3.53. The van der Waals surface area contributed by atoms with E-state index in [1.807, 2.05) is 0 Å². The Morgan fingerprint density at radius 1 is 0.848 bits per heavy atom. The Morgan fingerprint density at radius 3 is 2.26 bits per heavy atom. The summed E-state index contributed by atoms with van der Waals surface area (Å²) in [4.78, 5) is 12.1. The van der Waals surface area contributed by atoms with Gasteiger partial charge < -0.3 is 64.5 Å². The van der Waals surface area contributed by atoms with Gasteiger partial charge in [0.1, 0.15) is 54.9 Å². The van der Waals surface area contributed by atoms with Crippen LogP contribution >= 0.6 is 0 Å². The lowest BCUT2D eigenvalue weighted by Gasteiger charge is -2.60. The van der Waals surface area contributed by atoms with Crippen LogP contribution in [-0.4, -0.2) is 140 Å². The normalized spacial score (nSPS) is 54.8. The van der Waals surface area contributed by atoms with Crippen LogP contribution in [0, 0.1) is 28.6 Å². The molecule has 1 spiro atoms. The van der Waals surface area contributed by atoms with Gasteiger partial charge in [-0.25, -0.2) is 4.79 Å². The molecule has 14 heteroatoms. The van der Waals surface area contributed by atoms with E-state index in [2.05, 4.69) is 6.92 Å². The number of hydrogen-bond donors (Lipinski definition) is 8. The number of aliphatic hydroxyl groups is 8. The van der Waals surface area contributed by atoms with E-state index in [1.165, 1.54) is 0 Å². The minimum absolute atomic E-state index is 0.0237. The molecule has 2 bridgehead atoms. The minimum atomic E-state index is -1.68. The first kappa shape index (κ1) is 33.2. The molecule has 3 aliphatic heterocycles. The highest BCUT2D eigenvalue weighted by atomic mass is 16.7. The molecule has 14 nitrogen and oxygen atoms in total. The molecule has 2 saturated heterocycles. The third kappa shape index (κ3) is 5.02. The Balaban J connectivity index is 1.07. The molecule has 0 unspecified atom stereocenters. The van der Waals surface area contributed by atoms with E-state index in [1.54, 1.807) is 6.08 Å².